The molecule has 178 valence electrons. The van der Waals surface area contributed by atoms with E-state index in [-0.39, 0.29) is 35.7 Å². The van der Waals surface area contributed by atoms with Crippen molar-refractivity contribution < 1.29 is 14.3 Å². The van der Waals surface area contributed by atoms with Crippen LogP contribution in [0.3, 0.4) is 0 Å². The SMILES string of the molecule is CC1(C)CN([C@@H]2CCC(c3cc(NC(=O)OCc4ccccc4)n(C(C)(C)C)n3)C2)C(=O)N1. The van der Waals surface area contributed by atoms with Crippen molar-refractivity contribution >= 4 is 17.9 Å². The summed E-state index contributed by atoms with van der Waals surface area (Å²) >= 11 is 0. The summed E-state index contributed by atoms with van der Waals surface area (Å²) in [5.74, 6) is 0.870. The van der Waals surface area contributed by atoms with E-state index in [1.807, 2.05) is 46.0 Å². The maximum absolute atomic E-state index is 12.5. The molecule has 3 amide bonds. The molecule has 1 aliphatic heterocycles. The van der Waals surface area contributed by atoms with Gasteiger partial charge < -0.3 is 15.0 Å². The van der Waals surface area contributed by atoms with Gasteiger partial charge in [0.15, 0.2) is 0 Å². The Morgan fingerprint density at radius 1 is 1.24 bits per heavy atom. The minimum absolute atomic E-state index is 0.0226. The van der Waals surface area contributed by atoms with Crippen LogP contribution in [0.25, 0.3) is 0 Å². The van der Waals surface area contributed by atoms with Gasteiger partial charge in [0.2, 0.25) is 0 Å². The first-order valence-corrected chi connectivity index (χ1v) is 11.7. The van der Waals surface area contributed by atoms with E-state index in [1.165, 1.54) is 0 Å². The average molecular weight is 454 g/mol. The number of hydrogen-bond acceptors (Lipinski definition) is 4. The predicted molar refractivity (Wildman–Crippen MR) is 127 cm³/mol. The van der Waals surface area contributed by atoms with Gasteiger partial charge in [0.05, 0.1) is 16.8 Å². The number of carbonyl (C=O) groups is 2. The number of carbonyl (C=O) groups excluding carboxylic acids is 2. The van der Waals surface area contributed by atoms with Gasteiger partial charge in [-0.1, -0.05) is 30.3 Å². The molecule has 0 radical (unpaired) electrons. The standard InChI is InChI=1S/C25H35N5O3/c1-24(2,3)30-21(26-23(32)33-15-17-9-7-6-8-10-17)14-20(28-30)18-11-12-19(13-18)29-16-25(4,5)27-22(29)31/h6-10,14,18-19H,11-13,15-16H2,1-5H3,(H,26,32)(H,27,31)/t18?,19-/m1/s1. The van der Waals surface area contributed by atoms with Crippen LogP contribution in [-0.4, -0.2) is 44.9 Å². The Morgan fingerprint density at radius 3 is 2.61 bits per heavy atom. The van der Waals surface area contributed by atoms with E-state index in [9.17, 15) is 9.59 Å². The van der Waals surface area contributed by atoms with Crippen molar-refractivity contribution in [2.45, 2.75) is 83.5 Å². The lowest BCUT2D eigenvalue weighted by Crippen LogP contribution is -2.36. The Balaban J connectivity index is 1.44. The maximum Gasteiger partial charge on any atom is 0.413 e. The molecule has 1 unspecified atom stereocenters. The molecule has 2 atom stereocenters. The lowest BCUT2D eigenvalue weighted by Gasteiger charge is -2.24. The second-order valence-corrected chi connectivity index (χ2v) is 10.8. The molecule has 2 N–H and O–H groups in total. The van der Waals surface area contributed by atoms with Crippen molar-refractivity contribution in [2.75, 3.05) is 11.9 Å². The predicted octanol–water partition coefficient (Wildman–Crippen LogP) is 4.83. The van der Waals surface area contributed by atoms with Crippen LogP contribution in [-0.2, 0) is 16.9 Å². The summed E-state index contributed by atoms with van der Waals surface area (Å²) in [5, 5.41) is 10.8. The highest BCUT2D eigenvalue weighted by Crippen LogP contribution is 2.39. The molecule has 1 aromatic heterocycles. The van der Waals surface area contributed by atoms with Gasteiger partial charge in [-0.3, -0.25) is 5.32 Å². The van der Waals surface area contributed by atoms with Crippen molar-refractivity contribution in [3.63, 3.8) is 0 Å². The van der Waals surface area contributed by atoms with Gasteiger partial charge in [-0.15, -0.1) is 0 Å². The van der Waals surface area contributed by atoms with E-state index >= 15 is 0 Å². The van der Waals surface area contributed by atoms with Crippen LogP contribution in [0.5, 0.6) is 0 Å². The molecule has 8 heteroatoms. The van der Waals surface area contributed by atoms with E-state index in [0.29, 0.717) is 5.82 Å². The molecule has 8 nitrogen and oxygen atoms in total. The van der Waals surface area contributed by atoms with Crippen LogP contribution in [0.15, 0.2) is 36.4 Å². The zero-order chi connectivity index (χ0) is 23.8. The number of hydrogen-bond donors (Lipinski definition) is 2. The highest BCUT2D eigenvalue weighted by molar-refractivity contribution is 5.83. The quantitative estimate of drug-likeness (QED) is 0.679. The van der Waals surface area contributed by atoms with Gasteiger partial charge >= 0.3 is 12.1 Å². The van der Waals surface area contributed by atoms with E-state index in [4.69, 9.17) is 9.84 Å². The van der Waals surface area contributed by atoms with Crippen LogP contribution in [0.1, 0.15) is 71.1 Å². The van der Waals surface area contributed by atoms with E-state index < -0.39 is 6.09 Å². The lowest BCUT2D eigenvalue weighted by atomic mass is 10.0. The summed E-state index contributed by atoms with van der Waals surface area (Å²) in [5.41, 5.74) is 1.38. The van der Waals surface area contributed by atoms with Crippen LogP contribution in [0, 0.1) is 0 Å². The molecule has 2 aliphatic rings. The number of benzene rings is 1. The molecule has 0 bridgehead atoms. The number of amides is 3. The number of rotatable bonds is 5. The first-order chi connectivity index (χ1) is 15.5. The Bertz CT molecular complexity index is 1010. The average Bonchev–Trinajstić information content (AvgIpc) is 3.43. The molecule has 1 aliphatic carbocycles. The third-order valence-corrected chi connectivity index (χ3v) is 6.34. The van der Waals surface area contributed by atoms with E-state index in [2.05, 4.69) is 45.3 Å². The van der Waals surface area contributed by atoms with Gasteiger partial charge in [-0.2, -0.15) is 5.10 Å². The van der Waals surface area contributed by atoms with Crippen LogP contribution in [0.2, 0.25) is 0 Å². The Kier molecular flexibility index (Phi) is 6.12. The van der Waals surface area contributed by atoms with Gasteiger partial charge in [0, 0.05) is 24.6 Å². The maximum atomic E-state index is 12.5. The second kappa shape index (κ2) is 8.72. The molecule has 0 spiro atoms. The summed E-state index contributed by atoms with van der Waals surface area (Å²) in [7, 11) is 0. The van der Waals surface area contributed by atoms with Crippen molar-refractivity contribution in [2.24, 2.45) is 0 Å². The van der Waals surface area contributed by atoms with Crippen LogP contribution >= 0.6 is 0 Å². The minimum atomic E-state index is -0.504. The monoisotopic (exact) mass is 453 g/mol. The summed E-state index contributed by atoms with van der Waals surface area (Å²) in [6, 6.07) is 11.8. The topological polar surface area (TPSA) is 88.5 Å². The molecule has 2 fully saturated rings. The lowest BCUT2D eigenvalue weighted by molar-refractivity contribution is 0.154. The van der Waals surface area contributed by atoms with E-state index in [1.54, 1.807) is 0 Å². The third-order valence-electron chi connectivity index (χ3n) is 6.34. The number of ether oxygens (including phenoxy) is 1. The van der Waals surface area contributed by atoms with E-state index in [0.717, 1.165) is 37.1 Å². The summed E-state index contributed by atoms with van der Waals surface area (Å²) < 4.78 is 7.26. The van der Waals surface area contributed by atoms with Gasteiger partial charge in [0.25, 0.3) is 0 Å². The fraction of sp³-hybridized carbons (Fsp3) is 0.560. The van der Waals surface area contributed by atoms with Crippen molar-refractivity contribution in [1.82, 2.24) is 20.0 Å². The fourth-order valence-electron chi connectivity index (χ4n) is 4.77. The second-order valence-electron chi connectivity index (χ2n) is 10.8. The van der Waals surface area contributed by atoms with Crippen molar-refractivity contribution in [3.8, 4) is 0 Å². The molecular formula is C25H35N5O3. The van der Waals surface area contributed by atoms with Crippen LogP contribution < -0.4 is 10.6 Å². The molecule has 4 rings (SSSR count). The van der Waals surface area contributed by atoms with Crippen molar-refractivity contribution in [1.29, 1.82) is 0 Å². The molecule has 33 heavy (non-hydrogen) atoms. The largest absolute Gasteiger partial charge is 0.444 e. The van der Waals surface area contributed by atoms with Gasteiger partial charge in [0.1, 0.15) is 12.4 Å². The molecule has 1 saturated carbocycles. The number of urea groups is 1. The zero-order valence-corrected chi connectivity index (χ0v) is 20.2. The Morgan fingerprint density at radius 2 is 1.97 bits per heavy atom. The number of aromatic nitrogens is 2. The summed E-state index contributed by atoms with van der Waals surface area (Å²) in [6.45, 7) is 11.2. The van der Waals surface area contributed by atoms with Crippen molar-refractivity contribution in [3.05, 3.63) is 47.7 Å². The number of nitrogens with one attached hydrogen (secondary N) is 2. The first-order valence-electron chi connectivity index (χ1n) is 11.7. The molecule has 2 heterocycles. The fourth-order valence-corrected chi connectivity index (χ4v) is 4.77. The Labute approximate surface area is 195 Å². The van der Waals surface area contributed by atoms with Crippen LogP contribution in [0.4, 0.5) is 15.4 Å². The highest BCUT2D eigenvalue weighted by atomic mass is 16.5. The first kappa shape index (κ1) is 23.1. The normalized spacial score (nSPS) is 22.3. The summed E-state index contributed by atoms with van der Waals surface area (Å²) in [6.07, 6.45) is 2.30. The molecule has 1 aromatic carbocycles. The minimum Gasteiger partial charge on any atom is -0.444 e. The van der Waals surface area contributed by atoms with Gasteiger partial charge in [-0.05, 0) is 59.4 Å². The highest BCUT2D eigenvalue weighted by Gasteiger charge is 2.42. The third kappa shape index (κ3) is 5.31. The Hall–Kier alpha value is -3.03. The summed E-state index contributed by atoms with van der Waals surface area (Å²) in [4.78, 5) is 26.9. The zero-order valence-electron chi connectivity index (χ0n) is 20.2. The number of anilines is 1. The smallest absolute Gasteiger partial charge is 0.413 e. The van der Waals surface area contributed by atoms with Gasteiger partial charge in [-0.25, -0.2) is 14.3 Å². The molecule has 1 saturated heterocycles. The molecule has 2 aromatic rings. The molecular weight excluding hydrogens is 418 g/mol. The number of nitrogens with zero attached hydrogens (tertiary/aromatic N) is 3.